The minimum atomic E-state index is -0.152. The molecule has 2 N–H and O–H groups in total. The van der Waals surface area contributed by atoms with Gasteiger partial charge in [-0.2, -0.15) is 0 Å². The van der Waals surface area contributed by atoms with Crippen molar-refractivity contribution in [3.63, 3.8) is 0 Å². The second-order valence-corrected chi connectivity index (χ2v) is 4.55. The number of imidazole rings is 2. The van der Waals surface area contributed by atoms with Crippen molar-refractivity contribution in [1.82, 2.24) is 24.8 Å². The number of benzene rings is 1. The zero-order valence-electron chi connectivity index (χ0n) is 11.1. The van der Waals surface area contributed by atoms with Crippen LogP contribution in [-0.4, -0.2) is 32.0 Å². The van der Waals surface area contributed by atoms with Crippen molar-refractivity contribution in [2.45, 2.75) is 6.42 Å². The first-order valence-electron chi connectivity index (χ1n) is 6.42. The Labute approximate surface area is 115 Å². The van der Waals surface area contributed by atoms with Gasteiger partial charge >= 0.3 is 0 Å². The minimum absolute atomic E-state index is 0.152. The van der Waals surface area contributed by atoms with Crippen LogP contribution in [0.1, 0.15) is 16.3 Å². The normalized spacial score (nSPS) is 10.8. The molecular formula is C14H15N5O. The van der Waals surface area contributed by atoms with Crippen LogP contribution in [0.4, 0.5) is 0 Å². The third-order valence-electron chi connectivity index (χ3n) is 3.26. The molecule has 0 spiro atoms. The fraction of sp³-hybridized carbons (Fsp3) is 0.214. The van der Waals surface area contributed by atoms with E-state index < -0.39 is 0 Å². The fourth-order valence-electron chi connectivity index (χ4n) is 2.18. The summed E-state index contributed by atoms with van der Waals surface area (Å²) in [6, 6.07) is 7.99. The Balaban J connectivity index is 1.65. The van der Waals surface area contributed by atoms with E-state index in [1.54, 1.807) is 0 Å². The lowest BCUT2D eigenvalue weighted by molar-refractivity contribution is 0.0949. The van der Waals surface area contributed by atoms with Gasteiger partial charge in [-0.15, -0.1) is 0 Å². The second kappa shape index (κ2) is 5.16. The molecule has 0 unspecified atom stereocenters. The SMILES string of the molecule is Cn1c(CCNC(=O)c2cnc[nH]2)nc2ccccc21. The fourth-order valence-corrected chi connectivity index (χ4v) is 2.18. The van der Waals surface area contributed by atoms with Crippen molar-refractivity contribution in [3.05, 3.63) is 48.3 Å². The number of fused-ring (bicyclic) bond motifs is 1. The van der Waals surface area contributed by atoms with Crippen LogP contribution in [0, 0.1) is 0 Å². The van der Waals surface area contributed by atoms with Crippen molar-refractivity contribution in [1.29, 1.82) is 0 Å². The van der Waals surface area contributed by atoms with Crippen LogP contribution in [0.5, 0.6) is 0 Å². The van der Waals surface area contributed by atoms with E-state index in [0.717, 1.165) is 16.9 Å². The molecule has 2 aromatic heterocycles. The molecule has 3 aromatic rings. The van der Waals surface area contributed by atoms with E-state index in [2.05, 4.69) is 24.8 Å². The maximum atomic E-state index is 11.7. The van der Waals surface area contributed by atoms with Crippen LogP contribution in [0.3, 0.4) is 0 Å². The third kappa shape index (κ3) is 2.27. The van der Waals surface area contributed by atoms with Crippen molar-refractivity contribution in [2.24, 2.45) is 7.05 Å². The lowest BCUT2D eigenvalue weighted by Gasteiger charge is -2.04. The highest BCUT2D eigenvalue weighted by atomic mass is 16.1. The summed E-state index contributed by atoms with van der Waals surface area (Å²) in [5, 5.41) is 2.84. The van der Waals surface area contributed by atoms with Crippen LogP contribution in [-0.2, 0) is 13.5 Å². The topological polar surface area (TPSA) is 75.6 Å². The summed E-state index contributed by atoms with van der Waals surface area (Å²) >= 11 is 0. The molecule has 0 atom stereocenters. The van der Waals surface area contributed by atoms with E-state index in [-0.39, 0.29) is 5.91 Å². The molecule has 1 aromatic carbocycles. The Hall–Kier alpha value is -2.63. The summed E-state index contributed by atoms with van der Waals surface area (Å²) in [5.74, 6) is 0.803. The highest BCUT2D eigenvalue weighted by Crippen LogP contribution is 2.14. The molecule has 6 nitrogen and oxygen atoms in total. The van der Waals surface area contributed by atoms with Crippen LogP contribution in [0.15, 0.2) is 36.8 Å². The summed E-state index contributed by atoms with van der Waals surface area (Å²) in [5.41, 5.74) is 2.54. The summed E-state index contributed by atoms with van der Waals surface area (Å²) < 4.78 is 2.05. The molecule has 0 saturated heterocycles. The summed E-state index contributed by atoms with van der Waals surface area (Å²) in [7, 11) is 1.99. The highest BCUT2D eigenvalue weighted by molar-refractivity contribution is 5.91. The molecule has 20 heavy (non-hydrogen) atoms. The Morgan fingerprint density at radius 1 is 1.40 bits per heavy atom. The lowest BCUT2D eigenvalue weighted by Crippen LogP contribution is -2.26. The zero-order valence-corrected chi connectivity index (χ0v) is 11.1. The predicted molar refractivity (Wildman–Crippen MR) is 75.3 cm³/mol. The summed E-state index contributed by atoms with van der Waals surface area (Å²) in [4.78, 5) is 22.9. The third-order valence-corrected chi connectivity index (χ3v) is 3.26. The molecule has 2 heterocycles. The number of nitrogens with one attached hydrogen (secondary N) is 2. The van der Waals surface area contributed by atoms with Gasteiger partial charge in [-0.3, -0.25) is 4.79 Å². The zero-order chi connectivity index (χ0) is 13.9. The van der Waals surface area contributed by atoms with Gasteiger partial charge in [0.05, 0.1) is 23.6 Å². The van der Waals surface area contributed by atoms with Crippen molar-refractivity contribution < 1.29 is 4.79 Å². The smallest absolute Gasteiger partial charge is 0.269 e. The van der Waals surface area contributed by atoms with Gasteiger partial charge in [0.2, 0.25) is 0 Å². The number of hydrogen-bond donors (Lipinski definition) is 2. The van der Waals surface area contributed by atoms with E-state index in [9.17, 15) is 4.79 Å². The molecular weight excluding hydrogens is 254 g/mol. The molecule has 0 aliphatic rings. The van der Waals surface area contributed by atoms with Crippen LogP contribution >= 0.6 is 0 Å². The molecule has 0 saturated carbocycles. The number of hydrogen-bond acceptors (Lipinski definition) is 3. The van der Waals surface area contributed by atoms with Crippen LogP contribution in [0.2, 0.25) is 0 Å². The van der Waals surface area contributed by atoms with Gasteiger partial charge in [0, 0.05) is 20.0 Å². The van der Waals surface area contributed by atoms with E-state index in [0.29, 0.717) is 18.7 Å². The average molecular weight is 269 g/mol. The highest BCUT2D eigenvalue weighted by Gasteiger charge is 2.09. The van der Waals surface area contributed by atoms with E-state index >= 15 is 0 Å². The molecule has 0 fully saturated rings. The molecule has 1 amide bonds. The van der Waals surface area contributed by atoms with Gasteiger partial charge in [-0.25, -0.2) is 9.97 Å². The molecule has 0 aliphatic heterocycles. The van der Waals surface area contributed by atoms with E-state index in [1.165, 1.54) is 12.5 Å². The van der Waals surface area contributed by atoms with Gasteiger partial charge < -0.3 is 14.9 Å². The quantitative estimate of drug-likeness (QED) is 0.749. The molecule has 3 rings (SSSR count). The first-order chi connectivity index (χ1) is 9.75. The number of nitrogens with zero attached hydrogens (tertiary/aromatic N) is 3. The first-order valence-corrected chi connectivity index (χ1v) is 6.42. The average Bonchev–Trinajstić information content (AvgIpc) is 3.09. The second-order valence-electron chi connectivity index (χ2n) is 4.55. The number of carbonyl (C=O) groups is 1. The van der Waals surface area contributed by atoms with Gasteiger partial charge in [-0.1, -0.05) is 12.1 Å². The molecule has 0 radical (unpaired) electrons. The number of aromatic nitrogens is 4. The first kappa shape index (κ1) is 12.4. The minimum Gasteiger partial charge on any atom is -0.350 e. The Morgan fingerprint density at radius 3 is 3.00 bits per heavy atom. The molecule has 0 bridgehead atoms. The van der Waals surface area contributed by atoms with Gasteiger partial charge in [0.1, 0.15) is 11.5 Å². The van der Waals surface area contributed by atoms with Crippen molar-refractivity contribution >= 4 is 16.9 Å². The van der Waals surface area contributed by atoms with Gasteiger partial charge in [0.25, 0.3) is 5.91 Å². The van der Waals surface area contributed by atoms with E-state index in [1.807, 2.05) is 31.3 Å². The van der Waals surface area contributed by atoms with E-state index in [4.69, 9.17) is 0 Å². The predicted octanol–water partition coefficient (Wildman–Crippen LogP) is 1.27. The number of rotatable bonds is 4. The standard InChI is InChI=1S/C14H15N5O/c1-19-12-5-3-2-4-10(12)18-13(19)6-7-16-14(20)11-8-15-9-17-11/h2-5,8-9H,6-7H2,1H3,(H,15,17)(H,16,20). The van der Waals surface area contributed by atoms with Crippen molar-refractivity contribution in [2.75, 3.05) is 6.54 Å². The molecule has 0 aliphatic carbocycles. The maximum absolute atomic E-state index is 11.7. The van der Waals surface area contributed by atoms with Crippen LogP contribution in [0.25, 0.3) is 11.0 Å². The number of amides is 1. The number of aromatic amines is 1. The Kier molecular flexibility index (Phi) is 3.20. The van der Waals surface area contributed by atoms with Crippen LogP contribution < -0.4 is 5.32 Å². The van der Waals surface area contributed by atoms with Gasteiger partial charge in [-0.05, 0) is 12.1 Å². The number of carbonyl (C=O) groups excluding carboxylic acids is 1. The number of para-hydroxylation sites is 2. The molecule has 102 valence electrons. The Bertz CT molecular complexity index is 729. The van der Waals surface area contributed by atoms with Gasteiger partial charge in [0.15, 0.2) is 0 Å². The Morgan fingerprint density at radius 2 is 2.25 bits per heavy atom. The molecule has 6 heteroatoms. The summed E-state index contributed by atoms with van der Waals surface area (Å²) in [6.07, 6.45) is 3.68. The number of aryl methyl sites for hydroxylation is 1. The number of H-pyrrole nitrogens is 1. The monoisotopic (exact) mass is 269 g/mol. The largest absolute Gasteiger partial charge is 0.350 e. The van der Waals surface area contributed by atoms with Crippen molar-refractivity contribution in [3.8, 4) is 0 Å². The maximum Gasteiger partial charge on any atom is 0.269 e. The lowest BCUT2D eigenvalue weighted by atomic mass is 10.3. The summed E-state index contributed by atoms with van der Waals surface area (Å²) in [6.45, 7) is 0.537.